The molecular weight excluding hydrogens is 500 g/mol. The largest absolute Gasteiger partial charge is 0.490 e. The summed E-state index contributed by atoms with van der Waals surface area (Å²) >= 11 is 0. The molecule has 0 spiro atoms. The van der Waals surface area contributed by atoms with Gasteiger partial charge in [0.2, 0.25) is 0 Å². The number of benzene rings is 2. The van der Waals surface area contributed by atoms with Crippen LogP contribution in [0.3, 0.4) is 0 Å². The molecule has 3 rings (SSSR count). The molecule has 0 amide bonds. The third-order valence-electron chi connectivity index (χ3n) is 6.83. The Morgan fingerprint density at radius 3 is 2.02 bits per heavy atom. The smallest absolute Gasteiger partial charge is 0.335 e. The third kappa shape index (κ3) is 10.7. The topological polar surface area (TPSA) is 70.5 Å². The highest BCUT2D eigenvalue weighted by molar-refractivity contribution is 5.74. The van der Waals surface area contributed by atoms with Crippen LogP contribution < -0.4 is 4.74 Å². The second kappa shape index (κ2) is 17.4. The number of esters is 1. The van der Waals surface area contributed by atoms with Crippen molar-refractivity contribution in [1.29, 1.82) is 0 Å². The van der Waals surface area contributed by atoms with E-state index in [9.17, 15) is 4.79 Å². The van der Waals surface area contributed by atoms with Gasteiger partial charge < -0.3 is 14.2 Å². The van der Waals surface area contributed by atoms with E-state index in [-0.39, 0.29) is 18.7 Å². The van der Waals surface area contributed by atoms with E-state index in [1.165, 1.54) is 50.5 Å². The van der Waals surface area contributed by atoms with Gasteiger partial charge in [0.1, 0.15) is 18.5 Å². The lowest BCUT2D eigenvalue weighted by molar-refractivity contribution is -0.162. The standard InChI is InChI=1S/C34H46N2O4/c1-5-7-8-9-10-11-12-13-28-14-16-29(17-15-28)31-23-35-33(36-24-31)30-18-20-32(21-19-30)39-25-26(3)40-34(37)27(4)38-22-6-2/h14-21,23-24,26-27H,5-13,22,25H2,1-4H3. The first-order chi connectivity index (χ1) is 19.5. The average Bonchev–Trinajstić information content (AvgIpc) is 2.99. The first kappa shape index (κ1) is 31.3. The summed E-state index contributed by atoms with van der Waals surface area (Å²) in [4.78, 5) is 21.3. The predicted octanol–water partition coefficient (Wildman–Crippen LogP) is 8.23. The van der Waals surface area contributed by atoms with Crippen molar-refractivity contribution in [3.63, 3.8) is 0 Å². The SMILES string of the molecule is CCCCCCCCCc1ccc(-c2cnc(-c3ccc(OCC(C)OC(=O)C(C)OCCC)cc3)nc2)cc1. The van der Waals surface area contributed by atoms with E-state index in [2.05, 4.69) is 41.2 Å². The summed E-state index contributed by atoms with van der Waals surface area (Å²) in [6.45, 7) is 8.56. The summed E-state index contributed by atoms with van der Waals surface area (Å²) in [7, 11) is 0. The summed E-state index contributed by atoms with van der Waals surface area (Å²) < 4.78 is 16.6. The third-order valence-corrected chi connectivity index (χ3v) is 6.83. The maximum Gasteiger partial charge on any atom is 0.335 e. The molecule has 2 aromatic carbocycles. The van der Waals surface area contributed by atoms with Crippen molar-refractivity contribution in [2.24, 2.45) is 0 Å². The lowest BCUT2D eigenvalue weighted by Crippen LogP contribution is -2.30. The van der Waals surface area contributed by atoms with E-state index in [1.54, 1.807) is 13.8 Å². The molecule has 0 aliphatic carbocycles. The predicted molar refractivity (Wildman–Crippen MR) is 161 cm³/mol. The Bertz CT molecular complexity index is 1110. The van der Waals surface area contributed by atoms with Gasteiger partial charge in [-0.25, -0.2) is 14.8 Å². The highest BCUT2D eigenvalue weighted by Gasteiger charge is 2.18. The number of aryl methyl sites for hydroxylation is 1. The van der Waals surface area contributed by atoms with Crippen molar-refractivity contribution >= 4 is 5.97 Å². The fourth-order valence-electron chi connectivity index (χ4n) is 4.38. The molecule has 216 valence electrons. The normalized spacial score (nSPS) is 12.6. The van der Waals surface area contributed by atoms with Gasteiger partial charge in [-0.3, -0.25) is 0 Å². The Morgan fingerprint density at radius 2 is 1.38 bits per heavy atom. The molecule has 0 saturated carbocycles. The molecule has 3 aromatic rings. The van der Waals surface area contributed by atoms with Crippen molar-refractivity contribution in [3.05, 3.63) is 66.5 Å². The van der Waals surface area contributed by atoms with Crippen LogP contribution in [0.2, 0.25) is 0 Å². The molecule has 1 aromatic heterocycles. The zero-order valence-electron chi connectivity index (χ0n) is 24.7. The van der Waals surface area contributed by atoms with Crippen LogP contribution in [0.25, 0.3) is 22.5 Å². The molecule has 2 atom stereocenters. The van der Waals surface area contributed by atoms with Gasteiger partial charge in [0.15, 0.2) is 11.9 Å². The summed E-state index contributed by atoms with van der Waals surface area (Å²) in [6.07, 6.45) is 14.1. The molecule has 0 bridgehead atoms. The molecule has 0 fully saturated rings. The fourth-order valence-corrected chi connectivity index (χ4v) is 4.38. The molecule has 1 heterocycles. The lowest BCUT2D eigenvalue weighted by Gasteiger charge is -2.17. The summed E-state index contributed by atoms with van der Waals surface area (Å²) in [5, 5.41) is 0. The Kier molecular flexibility index (Phi) is 13.6. The van der Waals surface area contributed by atoms with E-state index in [0.29, 0.717) is 18.2 Å². The van der Waals surface area contributed by atoms with E-state index >= 15 is 0 Å². The van der Waals surface area contributed by atoms with Crippen LogP contribution >= 0.6 is 0 Å². The fraction of sp³-hybridized carbons (Fsp3) is 0.500. The molecule has 0 aliphatic heterocycles. The van der Waals surface area contributed by atoms with Crippen LogP contribution in [-0.4, -0.2) is 41.4 Å². The second-order valence-corrected chi connectivity index (χ2v) is 10.5. The quantitative estimate of drug-likeness (QED) is 0.118. The van der Waals surface area contributed by atoms with Crippen molar-refractivity contribution in [1.82, 2.24) is 9.97 Å². The highest BCUT2D eigenvalue weighted by Crippen LogP contribution is 2.23. The number of nitrogens with zero attached hydrogens (tertiary/aromatic N) is 2. The van der Waals surface area contributed by atoms with E-state index in [0.717, 1.165) is 29.5 Å². The number of aromatic nitrogens is 2. The van der Waals surface area contributed by atoms with Gasteiger partial charge in [-0.05, 0) is 68.5 Å². The molecule has 2 unspecified atom stereocenters. The Morgan fingerprint density at radius 1 is 0.750 bits per heavy atom. The number of rotatable bonds is 18. The molecule has 0 radical (unpaired) electrons. The number of hydrogen-bond acceptors (Lipinski definition) is 6. The molecule has 0 saturated heterocycles. The number of carbonyl (C=O) groups is 1. The van der Waals surface area contributed by atoms with Gasteiger partial charge in [-0.2, -0.15) is 0 Å². The average molecular weight is 547 g/mol. The van der Waals surface area contributed by atoms with Gasteiger partial charge in [0.05, 0.1) is 0 Å². The first-order valence-electron chi connectivity index (χ1n) is 15.0. The van der Waals surface area contributed by atoms with Crippen molar-refractivity contribution in [2.45, 2.75) is 97.7 Å². The first-order valence-corrected chi connectivity index (χ1v) is 15.0. The van der Waals surface area contributed by atoms with Crippen LogP contribution in [0.15, 0.2) is 60.9 Å². The molecule has 40 heavy (non-hydrogen) atoms. The maximum absolute atomic E-state index is 12.1. The van der Waals surface area contributed by atoms with Crippen LogP contribution in [-0.2, 0) is 20.7 Å². The highest BCUT2D eigenvalue weighted by atomic mass is 16.6. The minimum absolute atomic E-state index is 0.259. The van der Waals surface area contributed by atoms with Gasteiger partial charge >= 0.3 is 5.97 Å². The van der Waals surface area contributed by atoms with Crippen molar-refractivity contribution in [2.75, 3.05) is 13.2 Å². The monoisotopic (exact) mass is 546 g/mol. The van der Waals surface area contributed by atoms with E-state index in [1.807, 2.05) is 43.6 Å². The van der Waals surface area contributed by atoms with Crippen LogP contribution in [0.5, 0.6) is 5.75 Å². The molecule has 6 nitrogen and oxygen atoms in total. The summed E-state index contributed by atoms with van der Waals surface area (Å²) in [5.41, 5.74) is 4.43. The zero-order valence-corrected chi connectivity index (χ0v) is 24.7. The molecule has 6 heteroatoms. The minimum atomic E-state index is -0.577. The Balaban J connectivity index is 1.44. The molecular formula is C34H46N2O4. The van der Waals surface area contributed by atoms with Gasteiger partial charge in [0, 0.05) is 30.1 Å². The van der Waals surface area contributed by atoms with E-state index in [4.69, 9.17) is 14.2 Å². The number of unbranched alkanes of at least 4 members (excludes halogenated alkanes) is 6. The Hall–Kier alpha value is -3.25. The zero-order chi connectivity index (χ0) is 28.6. The summed E-state index contributed by atoms with van der Waals surface area (Å²) in [6, 6.07) is 16.4. The van der Waals surface area contributed by atoms with E-state index < -0.39 is 6.10 Å². The van der Waals surface area contributed by atoms with Crippen molar-refractivity contribution in [3.8, 4) is 28.3 Å². The maximum atomic E-state index is 12.1. The van der Waals surface area contributed by atoms with Crippen LogP contribution in [0.1, 0.15) is 84.6 Å². The molecule has 0 aliphatic rings. The number of carbonyl (C=O) groups excluding carboxylic acids is 1. The lowest BCUT2D eigenvalue weighted by atomic mass is 10.0. The van der Waals surface area contributed by atoms with Gasteiger partial charge in [-0.1, -0.05) is 76.6 Å². The number of hydrogen-bond donors (Lipinski definition) is 0. The molecule has 0 N–H and O–H groups in total. The number of ether oxygens (including phenoxy) is 3. The van der Waals surface area contributed by atoms with Crippen molar-refractivity contribution < 1.29 is 19.0 Å². The van der Waals surface area contributed by atoms with Crippen LogP contribution in [0, 0.1) is 0 Å². The Labute approximate surface area is 240 Å². The van der Waals surface area contributed by atoms with Gasteiger partial charge in [0.25, 0.3) is 0 Å². The van der Waals surface area contributed by atoms with Crippen LogP contribution in [0.4, 0.5) is 0 Å². The summed E-state index contributed by atoms with van der Waals surface area (Å²) in [5.74, 6) is 0.976. The minimum Gasteiger partial charge on any atom is -0.490 e. The van der Waals surface area contributed by atoms with Gasteiger partial charge in [-0.15, -0.1) is 0 Å². The second-order valence-electron chi connectivity index (χ2n) is 10.5.